The van der Waals surface area contributed by atoms with E-state index in [0.29, 0.717) is 11.6 Å². The maximum atomic E-state index is 10.5. The molecule has 0 amide bonds. The van der Waals surface area contributed by atoms with Crippen LogP contribution in [-0.4, -0.2) is 36.6 Å². The quantitative estimate of drug-likeness (QED) is 0.811. The average Bonchev–Trinajstić information content (AvgIpc) is 2.70. The van der Waals surface area contributed by atoms with Gasteiger partial charge in [-0.3, -0.25) is 9.78 Å². The number of thioether (sulfide) groups is 1. The maximum Gasteiger partial charge on any atom is 0.313 e. The minimum Gasteiger partial charge on any atom is -0.481 e. The molecule has 0 radical (unpaired) electrons. The van der Waals surface area contributed by atoms with Crippen molar-refractivity contribution in [3.05, 3.63) is 35.9 Å². The van der Waals surface area contributed by atoms with Crippen LogP contribution in [0.4, 0.5) is 0 Å². The Morgan fingerprint density at radius 2 is 2.33 bits per heavy atom. The summed E-state index contributed by atoms with van der Waals surface area (Å²) in [4.78, 5) is 14.5. The van der Waals surface area contributed by atoms with Crippen LogP contribution in [0.25, 0.3) is 0 Å². The zero-order valence-electron chi connectivity index (χ0n) is 9.78. The van der Waals surface area contributed by atoms with Gasteiger partial charge in [0.05, 0.1) is 5.75 Å². The number of aliphatic carboxylic acids is 1. The van der Waals surface area contributed by atoms with Gasteiger partial charge in [0.1, 0.15) is 5.82 Å². The van der Waals surface area contributed by atoms with E-state index in [-0.39, 0.29) is 5.75 Å². The number of aromatic nitrogens is 4. The van der Waals surface area contributed by atoms with Crippen LogP contribution in [0.1, 0.15) is 11.4 Å². The van der Waals surface area contributed by atoms with Crippen LogP contribution in [-0.2, 0) is 18.3 Å². The lowest BCUT2D eigenvalue weighted by Gasteiger charge is -2.02. The Kier molecular flexibility index (Phi) is 3.93. The van der Waals surface area contributed by atoms with Gasteiger partial charge in [-0.2, -0.15) is 0 Å². The summed E-state index contributed by atoms with van der Waals surface area (Å²) in [6, 6.07) is 3.83. The summed E-state index contributed by atoms with van der Waals surface area (Å²) in [5.41, 5.74) is 1.04. The molecule has 0 spiro atoms. The third-order valence-electron chi connectivity index (χ3n) is 2.33. The van der Waals surface area contributed by atoms with Gasteiger partial charge in [0.2, 0.25) is 0 Å². The first-order valence-electron chi connectivity index (χ1n) is 5.28. The Bertz CT molecular complexity index is 541. The number of carboxylic acid groups (broad SMARTS) is 1. The largest absolute Gasteiger partial charge is 0.481 e. The average molecular weight is 264 g/mol. The van der Waals surface area contributed by atoms with Crippen LogP contribution in [0.5, 0.6) is 0 Å². The third kappa shape index (κ3) is 3.07. The second-order valence-electron chi connectivity index (χ2n) is 3.68. The van der Waals surface area contributed by atoms with Gasteiger partial charge in [0, 0.05) is 25.9 Å². The number of pyridine rings is 1. The van der Waals surface area contributed by atoms with E-state index in [2.05, 4.69) is 15.2 Å². The summed E-state index contributed by atoms with van der Waals surface area (Å²) in [5, 5.41) is 17.3. The molecule has 0 fully saturated rings. The Morgan fingerprint density at radius 1 is 1.50 bits per heavy atom. The van der Waals surface area contributed by atoms with Crippen LogP contribution in [0.3, 0.4) is 0 Å². The van der Waals surface area contributed by atoms with Gasteiger partial charge >= 0.3 is 5.97 Å². The fourth-order valence-electron chi connectivity index (χ4n) is 1.44. The highest BCUT2D eigenvalue weighted by Gasteiger charge is 2.11. The van der Waals surface area contributed by atoms with Crippen molar-refractivity contribution in [3.63, 3.8) is 0 Å². The van der Waals surface area contributed by atoms with Crippen LogP contribution in [0.2, 0.25) is 0 Å². The molecule has 2 aromatic rings. The lowest BCUT2D eigenvalue weighted by molar-refractivity contribution is -0.133. The third-order valence-corrected chi connectivity index (χ3v) is 3.34. The second kappa shape index (κ2) is 5.63. The number of hydrogen-bond donors (Lipinski definition) is 1. The van der Waals surface area contributed by atoms with Crippen molar-refractivity contribution in [2.75, 3.05) is 5.75 Å². The zero-order valence-corrected chi connectivity index (χ0v) is 10.6. The van der Waals surface area contributed by atoms with Gasteiger partial charge in [0.15, 0.2) is 5.16 Å². The number of nitrogens with zero attached hydrogens (tertiary/aromatic N) is 4. The van der Waals surface area contributed by atoms with Gasteiger partial charge in [-0.05, 0) is 11.6 Å². The molecule has 2 heterocycles. The van der Waals surface area contributed by atoms with Crippen molar-refractivity contribution in [2.24, 2.45) is 7.05 Å². The van der Waals surface area contributed by atoms with Crippen molar-refractivity contribution >= 4 is 17.7 Å². The lowest BCUT2D eigenvalue weighted by atomic mass is 10.2. The van der Waals surface area contributed by atoms with Crippen LogP contribution in [0.15, 0.2) is 29.7 Å². The topological polar surface area (TPSA) is 80.9 Å². The van der Waals surface area contributed by atoms with Gasteiger partial charge in [-0.25, -0.2) is 0 Å². The molecule has 0 aliphatic rings. The SMILES string of the molecule is Cn1c(Cc2cccnc2)nnc1SCC(=O)O. The Hall–Kier alpha value is -1.89. The van der Waals surface area contributed by atoms with E-state index < -0.39 is 5.97 Å². The molecule has 0 unspecified atom stereocenters. The van der Waals surface area contributed by atoms with Crippen LogP contribution in [0, 0.1) is 0 Å². The molecule has 0 saturated heterocycles. The smallest absolute Gasteiger partial charge is 0.313 e. The highest BCUT2D eigenvalue weighted by molar-refractivity contribution is 7.99. The Balaban J connectivity index is 2.08. The van der Waals surface area contributed by atoms with E-state index in [1.165, 1.54) is 0 Å². The van der Waals surface area contributed by atoms with E-state index in [1.807, 2.05) is 19.2 Å². The Labute approximate surface area is 108 Å². The number of rotatable bonds is 5. The van der Waals surface area contributed by atoms with Gasteiger partial charge in [-0.1, -0.05) is 17.8 Å². The Morgan fingerprint density at radius 3 is 3.00 bits per heavy atom. The first kappa shape index (κ1) is 12.6. The highest BCUT2D eigenvalue weighted by atomic mass is 32.2. The van der Waals surface area contributed by atoms with Gasteiger partial charge in [-0.15, -0.1) is 10.2 Å². The van der Waals surface area contributed by atoms with E-state index >= 15 is 0 Å². The predicted molar refractivity (Wildman–Crippen MR) is 66.4 cm³/mol. The molecular weight excluding hydrogens is 252 g/mol. The zero-order chi connectivity index (χ0) is 13.0. The molecule has 0 bridgehead atoms. The molecule has 0 aliphatic heterocycles. The maximum absolute atomic E-state index is 10.5. The highest BCUT2D eigenvalue weighted by Crippen LogP contribution is 2.16. The fraction of sp³-hybridized carbons (Fsp3) is 0.273. The van der Waals surface area contributed by atoms with Crippen LogP contribution < -0.4 is 0 Å². The molecule has 1 N–H and O–H groups in total. The molecule has 18 heavy (non-hydrogen) atoms. The predicted octanol–water partition coefficient (Wildman–Crippen LogP) is 0.978. The van der Waals surface area contributed by atoms with E-state index in [0.717, 1.165) is 23.1 Å². The van der Waals surface area contributed by atoms with Gasteiger partial charge in [0.25, 0.3) is 0 Å². The number of carbonyl (C=O) groups is 1. The molecule has 0 atom stereocenters. The molecule has 6 nitrogen and oxygen atoms in total. The molecule has 0 aromatic carbocycles. The van der Waals surface area contributed by atoms with E-state index in [9.17, 15) is 4.79 Å². The van der Waals surface area contributed by atoms with Crippen molar-refractivity contribution < 1.29 is 9.90 Å². The summed E-state index contributed by atoms with van der Waals surface area (Å²) in [6.45, 7) is 0. The fourth-order valence-corrected chi connectivity index (χ4v) is 2.09. The molecule has 0 aliphatic carbocycles. The molecule has 2 rings (SSSR count). The summed E-state index contributed by atoms with van der Waals surface area (Å²) in [5.74, 6) is -0.0912. The monoisotopic (exact) mass is 264 g/mol. The second-order valence-corrected chi connectivity index (χ2v) is 4.62. The van der Waals surface area contributed by atoms with Crippen molar-refractivity contribution in [1.29, 1.82) is 0 Å². The summed E-state index contributed by atoms with van der Waals surface area (Å²) in [6.07, 6.45) is 4.12. The van der Waals surface area contributed by atoms with Crippen molar-refractivity contribution in [1.82, 2.24) is 19.7 Å². The number of carboxylic acids is 1. The molecule has 0 saturated carbocycles. The van der Waals surface area contributed by atoms with E-state index in [1.54, 1.807) is 17.0 Å². The summed E-state index contributed by atoms with van der Waals surface area (Å²) in [7, 11) is 1.83. The van der Waals surface area contributed by atoms with Gasteiger partial charge < -0.3 is 9.67 Å². The molecular formula is C11H12N4O2S. The van der Waals surface area contributed by atoms with E-state index in [4.69, 9.17) is 5.11 Å². The van der Waals surface area contributed by atoms with Crippen molar-refractivity contribution in [3.8, 4) is 0 Å². The first-order chi connectivity index (χ1) is 8.66. The normalized spacial score (nSPS) is 10.5. The first-order valence-corrected chi connectivity index (χ1v) is 6.27. The number of hydrogen-bond acceptors (Lipinski definition) is 5. The molecule has 94 valence electrons. The molecule has 2 aromatic heterocycles. The lowest BCUT2D eigenvalue weighted by Crippen LogP contribution is -2.03. The summed E-state index contributed by atoms with van der Waals surface area (Å²) >= 11 is 1.16. The molecule has 7 heteroatoms. The van der Waals surface area contributed by atoms with Crippen LogP contribution >= 0.6 is 11.8 Å². The summed E-state index contributed by atoms with van der Waals surface area (Å²) < 4.78 is 1.81. The standard InChI is InChI=1S/C11H12N4O2S/c1-15-9(5-8-3-2-4-12-6-8)13-14-11(15)18-7-10(16)17/h2-4,6H,5,7H2,1H3,(H,16,17). The minimum absolute atomic E-state index is 0.0150. The minimum atomic E-state index is -0.864. The van der Waals surface area contributed by atoms with Crippen molar-refractivity contribution in [2.45, 2.75) is 11.6 Å².